The highest BCUT2D eigenvalue weighted by Crippen LogP contribution is 2.48. The predicted molar refractivity (Wildman–Crippen MR) is 101 cm³/mol. The van der Waals surface area contributed by atoms with E-state index in [0.717, 1.165) is 63.5 Å². The van der Waals surface area contributed by atoms with Gasteiger partial charge in [-0.05, 0) is 76.7 Å². The Balaban J connectivity index is 1.23. The molecule has 5 unspecified atom stereocenters. The number of fused-ring (bicyclic) bond motifs is 3. The second-order valence-electron chi connectivity index (χ2n) is 9.84. The number of rotatable bonds is 4. The van der Waals surface area contributed by atoms with Crippen molar-refractivity contribution in [1.82, 2.24) is 4.90 Å². The minimum Gasteiger partial charge on any atom is -0.378 e. The summed E-state index contributed by atoms with van der Waals surface area (Å²) >= 11 is 0. The lowest BCUT2D eigenvalue weighted by molar-refractivity contribution is -0.0759. The Morgan fingerprint density at radius 3 is 2.59 bits per heavy atom. The molecule has 0 amide bonds. The lowest BCUT2D eigenvalue weighted by Crippen LogP contribution is -2.51. The average Bonchev–Trinajstić information content (AvgIpc) is 3.23. The van der Waals surface area contributed by atoms with Gasteiger partial charge in [0.15, 0.2) is 0 Å². The maximum Gasteiger partial charge on any atom is 0.147 e. The SMILES string of the molecule is CN1C2CC[C@@H]1C[C@H](C1CCC(F)CC1)C2COC1CCC2OCOC2C1. The summed E-state index contributed by atoms with van der Waals surface area (Å²) in [7, 11) is 2.32. The summed E-state index contributed by atoms with van der Waals surface area (Å²) in [4.78, 5) is 2.64. The summed E-state index contributed by atoms with van der Waals surface area (Å²) in [6, 6.07) is 1.41. The molecule has 3 saturated heterocycles. The molecule has 0 spiro atoms. The number of hydrogen-bond donors (Lipinski definition) is 0. The van der Waals surface area contributed by atoms with Crippen LogP contribution in [0.3, 0.4) is 0 Å². The van der Waals surface area contributed by atoms with Crippen LogP contribution >= 0.6 is 0 Å². The van der Waals surface area contributed by atoms with Gasteiger partial charge in [0.1, 0.15) is 13.0 Å². The van der Waals surface area contributed by atoms with Crippen molar-refractivity contribution in [3.63, 3.8) is 0 Å². The number of halogens is 1. The third kappa shape index (κ3) is 3.70. The normalized spacial score (nSPS) is 50.7. The highest BCUT2D eigenvalue weighted by molar-refractivity contribution is 5.01. The first-order chi connectivity index (χ1) is 13.2. The first-order valence-electron chi connectivity index (χ1n) is 11.4. The molecule has 3 aliphatic heterocycles. The highest BCUT2D eigenvalue weighted by atomic mass is 19.1. The molecule has 7 atom stereocenters. The topological polar surface area (TPSA) is 30.9 Å². The summed E-state index contributed by atoms with van der Waals surface area (Å²) in [6.45, 7) is 1.34. The molecule has 0 N–H and O–H groups in total. The van der Waals surface area contributed by atoms with Gasteiger partial charge in [-0.3, -0.25) is 0 Å². The van der Waals surface area contributed by atoms with Crippen LogP contribution in [0.15, 0.2) is 0 Å². The molecule has 2 saturated carbocycles. The molecule has 2 bridgehead atoms. The van der Waals surface area contributed by atoms with Gasteiger partial charge in [-0.1, -0.05) is 0 Å². The third-order valence-electron chi connectivity index (χ3n) is 8.56. The summed E-state index contributed by atoms with van der Waals surface area (Å²) in [5.74, 6) is 2.06. The summed E-state index contributed by atoms with van der Waals surface area (Å²) in [5, 5.41) is 0. The van der Waals surface area contributed by atoms with Crippen molar-refractivity contribution in [2.24, 2.45) is 17.8 Å². The Labute approximate surface area is 163 Å². The zero-order valence-electron chi connectivity index (χ0n) is 16.7. The van der Waals surface area contributed by atoms with Crippen LogP contribution in [0.4, 0.5) is 4.39 Å². The molecule has 2 aliphatic carbocycles. The summed E-state index contributed by atoms with van der Waals surface area (Å²) in [5.41, 5.74) is 0. The molecule has 5 rings (SSSR count). The van der Waals surface area contributed by atoms with Crippen LogP contribution in [0.1, 0.15) is 64.2 Å². The van der Waals surface area contributed by atoms with E-state index in [1.165, 1.54) is 19.3 Å². The second kappa shape index (κ2) is 7.89. The van der Waals surface area contributed by atoms with Gasteiger partial charge in [0.05, 0.1) is 24.9 Å². The lowest BCUT2D eigenvalue weighted by atomic mass is 9.68. The quantitative estimate of drug-likeness (QED) is 0.738. The average molecular weight is 382 g/mol. The van der Waals surface area contributed by atoms with Crippen LogP contribution in [-0.2, 0) is 14.2 Å². The smallest absolute Gasteiger partial charge is 0.147 e. The van der Waals surface area contributed by atoms with E-state index < -0.39 is 6.17 Å². The van der Waals surface area contributed by atoms with Gasteiger partial charge in [0.25, 0.3) is 0 Å². The molecule has 27 heavy (non-hydrogen) atoms. The standard InChI is InChI=1S/C22H36FNO3/c1-24-16-6-8-20(24)19(18(10-16)14-2-4-15(23)5-3-14)12-25-17-7-9-21-22(11-17)27-13-26-21/h14-22H,2-13H2,1H3/t14?,15?,16-,17?,18-,19?,20?,21?,22?/m1/s1. The molecule has 154 valence electrons. The third-order valence-corrected chi connectivity index (χ3v) is 8.56. The molecule has 0 aromatic rings. The van der Waals surface area contributed by atoms with Crippen molar-refractivity contribution in [3.8, 4) is 0 Å². The van der Waals surface area contributed by atoms with E-state index in [-0.39, 0.29) is 6.10 Å². The Bertz CT molecular complexity index is 512. The van der Waals surface area contributed by atoms with Crippen LogP contribution in [0.2, 0.25) is 0 Å². The van der Waals surface area contributed by atoms with Crippen molar-refractivity contribution >= 4 is 0 Å². The number of hydrogen-bond acceptors (Lipinski definition) is 4. The fourth-order valence-corrected chi connectivity index (χ4v) is 6.94. The second-order valence-corrected chi connectivity index (χ2v) is 9.84. The van der Waals surface area contributed by atoms with E-state index in [1.54, 1.807) is 0 Å². The molecular formula is C22H36FNO3. The number of alkyl halides is 1. The number of ether oxygens (including phenoxy) is 3. The molecule has 0 radical (unpaired) electrons. The van der Waals surface area contributed by atoms with E-state index in [0.29, 0.717) is 36.9 Å². The van der Waals surface area contributed by atoms with E-state index in [9.17, 15) is 4.39 Å². The van der Waals surface area contributed by atoms with Gasteiger partial charge in [0, 0.05) is 24.4 Å². The first-order valence-corrected chi connectivity index (χ1v) is 11.4. The molecule has 4 nitrogen and oxygen atoms in total. The zero-order chi connectivity index (χ0) is 18.4. The van der Waals surface area contributed by atoms with Crippen molar-refractivity contribution in [3.05, 3.63) is 0 Å². The van der Waals surface area contributed by atoms with E-state index in [1.807, 2.05) is 0 Å². The maximum atomic E-state index is 13.7. The van der Waals surface area contributed by atoms with Crippen LogP contribution in [-0.4, -0.2) is 61.9 Å². The van der Waals surface area contributed by atoms with Crippen LogP contribution in [0, 0.1) is 17.8 Å². The molecular weight excluding hydrogens is 345 g/mol. The van der Waals surface area contributed by atoms with E-state index in [2.05, 4.69) is 11.9 Å². The predicted octanol–water partition coefficient (Wildman–Crippen LogP) is 3.92. The Kier molecular flexibility index (Phi) is 5.49. The molecule has 5 heteroatoms. The maximum absolute atomic E-state index is 13.7. The minimum absolute atomic E-state index is 0.240. The minimum atomic E-state index is -0.553. The summed E-state index contributed by atoms with van der Waals surface area (Å²) in [6.07, 6.45) is 11.1. The molecule has 3 heterocycles. The van der Waals surface area contributed by atoms with Crippen LogP contribution in [0.25, 0.3) is 0 Å². The van der Waals surface area contributed by atoms with Gasteiger partial charge >= 0.3 is 0 Å². The van der Waals surface area contributed by atoms with Crippen molar-refractivity contribution in [2.75, 3.05) is 20.4 Å². The molecule has 5 fully saturated rings. The first kappa shape index (κ1) is 18.8. The van der Waals surface area contributed by atoms with E-state index in [4.69, 9.17) is 14.2 Å². The fourth-order valence-electron chi connectivity index (χ4n) is 6.94. The highest BCUT2D eigenvalue weighted by Gasteiger charge is 2.48. The zero-order valence-corrected chi connectivity index (χ0v) is 16.7. The molecule has 0 aromatic heterocycles. The van der Waals surface area contributed by atoms with Crippen molar-refractivity contribution in [1.29, 1.82) is 0 Å². The number of piperidine rings is 1. The van der Waals surface area contributed by atoms with Crippen molar-refractivity contribution in [2.45, 2.75) is 101 Å². The number of nitrogens with zero attached hydrogens (tertiary/aromatic N) is 1. The van der Waals surface area contributed by atoms with Gasteiger partial charge in [-0.15, -0.1) is 0 Å². The fraction of sp³-hybridized carbons (Fsp3) is 1.00. The Morgan fingerprint density at radius 1 is 0.926 bits per heavy atom. The monoisotopic (exact) mass is 381 g/mol. The van der Waals surface area contributed by atoms with Crippen LogP contribution < -0.4 is 0 Å². The largest absolute Gasteiger partial charge is 0.378 e. The van der Waals surface area contributed by atoms with E-state index >= 15 is 0 Å². The van der Waals surface area contributed by atoms with Gasteiger partial charge in [-0.25, -0.2) is 4.39 Å². The van der Waals surface area contributed by atoms with Gasteiger partial charge in [0.2, 0.25) is 0 Å². The van der Waals surface area contributed by atoms with Gasteiger partial charge in [-0.2, -0.15) is 0 Å². The van der Waals surface area contributed by atoms with Gasteiger partial charge < -0.3 is 19.1 Å². The van der Waals surface area contributed by atoms with Crippen LogP contribution in [0.5, 0.6) is 0 Å². The lowest BCUT2D eigenvalue weighted by Gasteiger charge is -2.47. The Morgan fingerprint density at radius 2 is 1.74 bits per heavy atom. The molecule has 0 aromatic carbocycles. The summed E-state index contributed by atoms with van der Waals surface area (Å²) < 4.78 is 31.6. The Hall–Kier alpha value is -0.230. The van der Waals surface area contributed by atoms with Crippen molar-refractivity contribution < 1.29 is 18.6 Å². The molecule has 5 aliphatic rings.